The Morgan fingerprint density at radius 1 is 1.69 bits per heavy atom. The minimum absolute atomic E-state index is 0.0180. The lowest BCUT2D eigenvalue weighted by molar-refractivity contribution is 0.0934. The molecule has 2 rings (SSSR count). The SMILES string of the molecule is Cc1cc(C(=O)NCC2(N)CCC2)sc1Br. The number of carbonyl (C=O) groups excluding carboxylic acids is 1. The average molecular weight is 303 g/mol. The summed E-state index contributed by atoms with van der Waals surface area (Å²) in [5, 5.41) is 2.91. The van der Waals surface area contributed by atoms with Crippen LogP contribution in [0.3, 0.4) is 0 Å². The Hall–Kier alpha value is -0.390. The van der Waals surface area contributed by atoms with Crippen LogP contribution >= 0.6 is 27.3 Å². The van der Waals surface area contributed by atoms with Crippen molar-refractivity contribution in [1.29, 1.82) is 0 Å². The first-order valence-electron chi connectivity index (χ1n) is 5.33. The van der Waals surface area contributed by atoms with E-state index in [1.165, 1.54) is 17.8 Å². The Kier molecular flexibility index (Phi) is 3.37. The second kappa shape index (κ2) is 4.47. The molecule has 1 aliphatic rings. The van der Waals surface area contributed by atoms with Gasteiger partial charge in [-0.1, -0.05) is 0 Å². The van der Waals surface area contributed by atoms with Gasteiger partial charge in [0.1, 0.15) is 0 Å². The van der Waals surface area contributed by atoms with Crippen LogP contribution in [0.25, 0.3) is 0 Å². The first kappa shape index (κ1) is 12.1. The number of nitrogens with two attached hydrogens (primary N) is 1. The highest BCUT2D eigenvalue weighted by Crippen LogP contribution is 2.29. The maximum Gasteiger partial charge on any atom is 0.261 e. The highest BCUT2D eigenvalue weighted by Gasteiger charge is 2.32. The number of aryl methyl sites for hydroxylation is 1. The van der Waals surface area contributed by atoms with Gasteiger partial charge in [0, 0.05) is 12.1 Å². The van der Waals surface area contributed by atoms with Crippen molar-refractivity contribution in [2.24, 2.45) is 5.73 Å². The zero-order chi connectivity index (χ0) is 11.8. The molecule has 1 fully saturated rings. The number of halogens is 1. The van der Waals surface area contributed by atoms with Crippen LogP contribution in [0.2, 0.25) is 0 Å². The maximum absolute atomic E-state index is 11.8. The molecule has 1 aromatic heterocycles. The van der Waals surface area contributed by atoms with Gasteiger partial charge in [-0.25, -0.2) is 0 Å². The van der Waals surface area contributed by atoms with Crippen LogP contribution in [0.5, 0.6) is 0 Å². The van der Waals surface area contributed by atoms with Gasteiger partial charge >= 0.3 is 0 Å². The number of carbonyl (C=O) groups is 1. The van der Waals surface area contributed by atoms with Crippen molar-refractivity contribution in [3.8, 4) is 0 Å². The van der Waals surface area contributed by atoms with Crippen LogP contribution in [0.4, 0.5) is 0 Å². The topological polar surface area (TPSA) is 55.1 Å². The number of hydrogen-bond acceptors (Lipinski definition) is 3. The summed E-state index contributed by atoms with van der Waals surface area (Å²) in [4.78, 5) is 12.6. The summed E-state index contributed by atoms with van der Waals surface area (Å²) in [6, 6.07) is 1.90. The molecule has 0 bridgehead atoms. The molecular formula is C11H15BrN2OS. The van der Waals surface area contributed by atoms with Gasteiger partial charge in [-0.05, 0) is 53.7 Å². The summed E-state index contributed by atoms with van der Waals surface area (Å²) < 4.78 is 1.02. The summed E-state index contributed by atoms with van der Waals surface area (Å²) in [5.74, 6) is -0.0180. The van der Waals surface area contributed by atoms with E-state index in [0.29, 0.717) is 6.54 Å². The highest BCUT2D eigenvalue weighted by atomic mass is 79.9. The summed E-state index contributed by atoms with van der Waals surface area (Å²) >= 11 is 4.88. The molecule has 1 saturated carbocycles. The predicted octanol–water partition coefficient (Wildman–Crippen LogP) is 2.43. The minimum atomic E-state index is -0.154. The summed E-state index contributed by atoms with van der Waals surface area (Å²) in [6.45, 7) is 2.56. The van der Waals surface area contributed by atoms with E-state index >= 15 is 0 Å². The zero-order valence-corrected chi connectivity index (χ0v) is 11.6. The first-order valence-corrected chi connectivity index (χ1v) is 6.94. The molecule has 0 atom stereocenters. The molecule has 0 saturated heterocycles. The standard InChI is InChI=1S/C11H15BrN2OS/c1-7-5-8(16-9(7)12)10(15)14-6-11(13)3-2-4-11/h5H,2-4,6,13H2,1H3,(H,14,15). The van der Waals surface area contributed by atoms with Gasteiger partial charge in [-0.3, -0.25) is 4.79 Å². The van der Waals surface area contributed by atoms with E-state index < -0.39 is 0 Å². The fourth-order valence-corrected chi connectivity index (χ4v) is 3.17. The fraction of sp³-hybridized carbons (Fsp3) is 0.545. The lowest BCUT2D eigenvalue weighted by atomic mass is 9.78. The van der Waals surface area contributed by atoms with Crippen molar-refractivity contribution in [1.82, 2.24) is 5.32 Å². The molecule has 0 radical (unpaired) electrons. The molecule has 1 aromatic rings. The third-order valence-corrected chi connectivity index (χ3v) is 5.17. The second-order valence-corrected chi connectivity index (χ2v) is 6.84. The molecule has 0 aromatic carbocycles. The van der Waals surface area contributed by atoms with E-state index in [2.05, 4.69) is 21.2 Å². The Morgan fingerprint density at radius 3 is 2.81 bits per heavy atom. The number of thiophene rings is 1. The Balaban J connectivity index is 1.93. The monoisotopic (exact) mass is 302 g/mol. The van der Waals surface area contributed by atoms with Gasteiger partial charge in [-0.2, -0.15) is 0 Å². The molecular weight excluding hydrogens is 288 g/mol. The van der Waals surface area contributed by atoms with Crippen molar-refractivity contribution in [3.05, 3.63) is 20.3 Å². The predicted molar refractivity (Wildman–Crippen MR) is 69.9 cm³/mol. The fourth-order valence-electron chi connectivity index (χ4n) is 1.72. The molecule has 16 heavy (non-hydrogen) atoms. The van der Waals surface area contributed by atoms with Crippen molar-refractivity contribution in [2.75, 3.05) is 6.54 Å². The number of rotatable bonds is 3. The highest BCUT2D eigenvalue weighted by molar-refractivity contribution is 9.11. The zero-order valence-electron chi connectivity index (χ0n) is 9.18. The molecule has 1 aliphatic carbocycles. The van der Waals surface area contributed by atoms with Crippen molar-refractivity contribution < 1.29 is 4.79 Å². The third kappa shape index (κ3) is 2.47. The summed E-state index contributed by atoms with van der Waals surface area (Å²) in [5.41, 5.74) is 6.99. The van der Waals surface area contributed by atoms with Gasteiger partial charge < -0.3 is 11.1 Å². The smallest absolute Gasteiger partial charge is 0.261 e. The van der Waals surface area contributed by atoms with E-state index in [-0.39, 0.29) is 11.4 Å². The second-order valence-electron chi connectivity index (χ2n) is 4.47. The van der Waals surface area contributed by atoms with Gasteiger partial charge in [-0.15, -0.1) is 11.3 Å². The Morgan fingerprint density at radius 2 is 2.38 bits per heavy atom. The minimum Gasteiger partial charge on any atom is -0.349 e. The van der Waals surface area contributed by atoms with Gasteiger partial charge in [0.2, 0.25) is 0 Å². The lowest BCUT2D eigenvalue weighted by Gasteiger charge is -2.38. The lowest BCUT2D eigenvalue weighted by Crippen LogP contribution is -2.54. The van der Waals surface area contributed by atoms with E-state index in [1.807, 2.05) is 13.0 Å². The molecule has 0 unspecified atom stereocenters. The Bertz CT molecular complexity index is 393. The largest absolute Gasteiger partial charge is 0.349 e. The third-order valence-electron chi connectivity index (χ3n) is 3.03. The average Bonchev–Trinajstić information content (AvgIpc) is 2.53. The van der Waals surface area contributed by atoms with Crippen molar-refractivity contribution >= 4 is 33.2 Å². The van der Waals surface area contributed by atoms with E-state index in [4.69, 9.17) is 5.73 Å². The number of amides is 1. The molecule has 3 nitrogen and oxygen atoms in total. The number of hydrogen-bond donors (Lipinski definition) is 2. The van der Waals surface area contributed by atoms with Gasteiger partial charge in [0.25, 0.3) is 5.91 Å². The van der Waals surface area contributed by atoms with E-state index in [9.17, 15) is 4.79 Å². The first-order chi connectivity index (χ1) is 7.50. The van der Waals surface area contributed by atoms with Crippen LogP contribution < -0.4 is 11.1 Å². The number of nitrogens with one attached hydrogen (secondary N) is 1. The van der Waals surface area contributed by atoms with Crippen LogP contribution in [0.15, 0.2) is 9.85 Å². The molecule has 0 aliphatic heterocycles. The summed E-state index contributed by atoms with van der Waals surface area (Å²) in [6.07, 6.45) is 3.21. The van der Waals surface area contributed by atoms with Gasteiger partial charge in [0.15, 0.2) is 0 Å². The normalized spacial score (nSPS) is 17.9. The van der Waals surface area contributed by atoms with Gasteiger partial charge in [0.05, 0.1) is 8.66 Å². The van der Waals surface area contributed by atoms with E-state index in [0.717, 1.165) is 27.1 Å². The quantitative estimate of drug-likeness (QED) is 0.901. The van der Waals surface area contributed by atoms with Crippen LogP contribution in [-0.2, 0) is 0 Å². The van der Waals surface area contributed by atoms with E-state index in [1.54, 1.807) is 0 Å². The van der Waals surface area contributed by atoms with Crippen LogP contribution in [-0.4, -0.2) is 18.0 Å². The molecule has 0 spiro atoms. The van der Waals surface area contributed by atoms with Crippen molar-refractivity contribution in [3.63, 3.8) is 0 Å². The maximum atomic E-state index is 11.8. The Labute approximate surface area is 108 Å². The van der Waals surface area contributed by atoms with Crippen LogP contribution in [0.1, 0.15) is 34.5 Å². The van der Waals surface area contributed by atoms with Crippen LogP contribution in [0, 0.1) is 6.92 Å². The van der Waals surface area contributed by atoms with Crippen molar-refractivity contribution in [2.45, 2.75) is 31.7 Å². The molecule has 5 heteroatoms. The summed E-state index contributed by atoms with van der Waals surface area (Å²) in [7, 11) is 0. The molecule has 1 heterocycles. The molecule has 3 N–H and O–H groups in total. The molecule has 88 valence electrons. The molecule has 1 amide bonds.